The Kier molecular flexibility index (Phi) is 3.93. The molecule has 3 aromatic rings. The molecule has 0 saturated carbocycles. The van der Waals surface area contributed by atoms with Crippen LogP contribution in [0.2, 0.25) is 5.02 Å². The second-order valence-electron chi connectivity index (χ2n) is 4.97. The van der Waals surface area contributed by atoms with E-state index in [1.54, 1.807) is 0 Å². The summed E-state index contributed by atoms with van der Waals surface area (Å²) in [5, 5.41) is 0.735. The fraction of sp³-hybridized carbons (Fsp3) is 0.118. The molecule has 0 spiro atoms. The van der Waals surface area contributed by atoms with E-state index in [9.17, 15) is 0 Å². The van der Waals surface area contributed by atoms with Gasteiger partial charge in [0.25, 0.3) is 0 Å². The Balaban J connectivity index is 1.78. The second kappa shape index (κ2) is 6.02. The molecule has 0 aliphatic rings. The molecule has 21 heavy (non-hydrogen) atoms. The number of nitrogen functional groups attached to an aromatic ring is 1. The van der Waals surface area contributed by atoms with Crippen molar-refractivity contribution in [2.75, 3.05) is 5.73 Å². The first-order valence-electron chi connectivity index (χ1n) is 6.83. The molecule has 0 unspecified atom stereocenters. The third-order valence-corrected chi connectivity index (χ3v) is 3.69. The van der Waals surface area contributed by atoms with Gasteiger partial charge < -0.3 is 10.3 Å². The van der Waals surface area contributed by atoms with E-state index >= 15 is 0 Å². The van der Waals surface area contributed by atoms with Crippen molar-refractivity contribution in [3.8, 4) is 11.3 Å². The molecule has 2 N–H and O–H groups in total. The molecule has 0 atom stereocenters. The van der Waals surface area contributed by atoms with Crippen molar-refractivity contribution in [3.63, 3.8) is 0 Å². The van der Waals surface area contributed by atoms with Crippen molar-refractivity contribution in [2.24, 2.45) is 0 Å². The van der Waals surface area contributed by atoms with Crippen LogP contribution in [0, 0.1) is 0 Å². The number of benzene rings is 2. The topological polar surface area (TPSA) is 43.8 Å². The van der Waals surface area contributed by atoms with Crippen molar-refractivity contribution < 1.29 is 0 Å². The Hall–Kier alpha value is -2.26. The molecule has 0 bridgehead atoms. The lowest BCUT2D eigenvalue weighted by atomic mass is 10.1. The predicted octanol–water partition coefficient (Wildman–Crippen LogP) is 4.03. The quantitative estimate of drug-likeness (QED) is 0.739. The number of nitrogens with two attached hydrogens (primary N) is 1. The number of hydrogen-bond acceptors (Lipinski definition) is 2. The lowest BCUT2D eigenvalue weighted by Gasteiger charge is -2.09. The smallest absolute Gasteiger partial charge is 0.0951 e. The fourth-order valence-corrected chi connectivity index (χ4v) is 2.51. The minimum absolute atomic E-state index is 0.735. The summed E-state index contributed by atoms with van der Waals surface area (Å²) in [7, 11) is 0. The standard InChI is InChI=1S/C17H16ClN3/c18-15-3-1-2-14(10-15)17-11-20-12-21(17)9-8-13-4-6-16(19)7-5-13/h1-7,10-12H,8-9,19H2. The summed E-state index contributed by atoms with van der Waals surface area (Å²) in [4.78, 5) is 4.25. The van der Waals surface area contributed by atoms with E-state index < -0.39 is 0 Å². The second-order valence-corrected chi connectivity index (χ2v) is 5.41. The van der Waals surface area contributed by atoms with Crippen LogP contribution in [0.15, 0.2) is 61.1 Å². The highest BCUT2D eigenvalue weighted by Gasteiger charge is 2.05. The van der Waals surface area contributed by atoms with Crippen LogP contribution in [0.25, 0.3) is 11.3 Å². The molecule has 1 aromatic heterocycles. The predicted molar refractivity (Wildman–Crippen MR) is 87.2 cm³/mol. The number of aromatic nitrogens is 2. The van der Waals surface area contributed by atoms with Gasteiger partial charge in [0, 0.05) is 22.8 Å². The van der Waals surface area contributed by atoms with Crippen LogP contribution in [-0.2, 0) is 13.0 Å². The molecule has 2 aromatic carbocycles. The number of anilines is 1. The third kappa shape index (κ3) is 3.26. The van der Waals surface area contributed by atoms with Gasteiger partial charge in [0.2, 0.25) is 0 Å². The number of halogens is 1. The van der Waals surface area contributed by atoms with Gasteiger partial charge in [-0.25, -0.2) is 4.98 Å². The van der Waals surface area contributed by atoms with E-state index in [1.165, 1.54) is 5.56 Å². The fourth-order valence-electron chi connectivity index (χ4n) is 2.32. The highest BCUT2D eigenvalue weighted by Crippen LogP contribution is 2.22. The van der Waals surface area contributed by atoms with Crippen LogP contribution < -0.4 is 5.73 Å². The Morgan fingerprint density at radius 1 is 1.10 bits per heavy atom. The van der Waals surface area contributed by atoms with Crippen molar-refractivity contribution in [2.45, 2.75) is 13.0 Å². The van der Waals surface area contributed by atoms with Gasteiger partial charge >= 0.3 is 0 Å². The molecule has 1 heterocycles. The van der Waals surface area contributed by atoms with Gasteiger partial charge in [0.1, 0.15) is 0 Å². The Morgan fingerprint density at radius 3 is 2.67 bits per heavy atom. The van der Waals surface area contributed by atoms with Crippen LogP contribution in [0.1, 0.15) is 5.56 Å². The van der Waals surface area contributed by atoms with Crippen molar-refractivity contribution in [3.05, 3.63) is 71.6 Å². The van der Waals surface area contributed by atoms with Gasteiger partial charge in [0.15, 0.2) is 0 Å². The summed E-state index contributed by atoms with van der Waals surface area (Å²) in [6.45, 7) is 0.867. The van der Waals surface area contributed by atoms with Crippen LogP contribution >= 0.6 is 11.6 Å². The molecule has 0 aliphatic carbocycles. The summed E-state index contributed by atoms with van der Waals surface area (Å²) < 4.78 is 2.14. The normalized spacial score (nSPS) is 10.7. The Bertz CT molecular complexity index is 732. The number of nitrogens with zero attached hydrogens (tertiary/aromatic N) is 2. The number of rotatable bonds is 4. The van der Waals surface area contributed by atoms with E-state index in [0.29, 0.717) is 0 Å². The average molecular weight is 298 g/mol. The number of aryl methyl sites for hydroxylation is 2. The summed E-state index contributed by atoms with van der Waals surface area (Å²) in [6, 6.07) is 15.8. The monoisotopic (exact) mass is 297 g/mol. The summed E-state index contributed by atoms with van der Waals surface area (Å²) in [6.07, 6.45) is 4.66. The first kappa shape index (κ1) is 13.7. The number of hydrogen-bond donors (Lipinski definition) is 1. The lowest BCUT2D eigenvalue weighted by molar-refractivity contribution is 0.702. The molecule has 0 saturated heterocycles. The van der Waals surface area contributed by atoms with E-state index in [4.69, 9.17) is 17.3 Å². The summed E-state index contributed by atoms with van der Waals surface area (Å²) in [5.74, 6) is 0. The molecule has 0 radical (unpaired) electrons. The third-order valence-electron chi connectivity index (χ3n) is 3.45. The van der Waals surface area contributed by atoms with E-state index in [-0.39, 0.29) is 0 Å². The van der Waals surface area contributed by atoms with Crippen molar-refractivity contribution in [1.29, 1.82) is 0 Å². The van der Waals surface area contributed by atoms with Crippen molar-refractivity contribution >= 4 is 17.3 Å². The zero-order valence-electron chi connectivity index (χ0n) is 11.5. The highest BCUT2D eigenvalue weighted by molar-refractivity contribution is 6.30. The van der Waals surface area contributed by atoms with Gasteiger partial charge in [-0.3, -0.25) is 0 Å². The Labute approximate surface area is 129 Å². The van der Waals surface area contributed by atoms with Gasteiger partial charge in [-0.2, -0.15) is 0 Å². The number of imidazole rings is 1. The highest BCUT2D eigenvalue weighted by atomic mass is 35.5. The summed E-state index contributed by atoms with van der Waals surface area (Å²) in [5.41, 5.74) is 9.91. The van der Waals surface area contributed by atoms with Gasteiger partial charge in [-0.05, 0) is 36.2 Å². The van der Waals surface area contributed by atoms with Crippen LogP contribution in [0.3, 0.4) is 0 Å². The van der Waals surface area contributed by atoms with Gasteiger partial charge in [0.05, 0.1) is 18.2 Å². The largest absolute Gasteiger partial charge is 0.399 e. The van der Waals surface area contributed by atoms with Crippen molar-refractivity contribution in [1.82, 2.24) is 9.55 Å². The van der Waals surface area contributed by atoms with E-state index in [1.807, 2.05) is 48.9 Å². The summed E-state index contributed by atoms with van der Waals surface area (Å²) >= 11 is 6.06. The lowest BCUT2D eigenvalue weighted by Crippen LogP contribution is -2.02. The first-order chi connectivity index (χ1) is 10.2. The van der Waals surface area contributed by atoms with Gasteiger partial charge in [-0.15, -0.1) is 0 Å². The molecule has 0 amide bonds. The van der Waals surface area contributed by atoms with Crippen LogP contribution in [0.4, 0.5) is 5.69 Å². The molecule has 3 rings (SSSR count). The van der Waals surface area contributed by atoms with Crippen LogP contribution in [0.5, 0.6) is 0 Å². The zero-order chi connectivity index (χ0) is 14.7. The molecule has 4 heteroatoms. The minimum atomic E-state index is 0.735. The van der Waals surface area contributed by atoms with E-state index in [0.717, 1.165) is 34.9 Å². The van der Waals surface area contributed by atoms with Crippen LogP contribution in [-0.4, -0.2) is 9.55 Å². The zero-order valence-corrected chi connectivity index (χ0v) is 12.3. The Morgan fingerprint density at radius 2 is 1.90 bits per heavy atom. The molecular formula is C17H16ClN3. The molecule has 0 aliphatic heterocycles. The minimum Gasteiger partial charge on any atom is -0.399 e. The molecular weight excluding hydrogens is 282 g/mol. The van der Waals surface area contributed by atoms with E-state index in [2.05, 4.69) is 21.7 Å². The average Bonchev–Trinajstić information content (AvgIpc) is 2.95. The maximum atomic E-state index is 6.06. The van der Waals surface area contributed by atoms with Gasteiger partial charge in [-0.1, -0.05) is 35.9 Å². The molecule has 106 valence electrons. The first-order valence-corrected chi connectivity index (χ1v) is 7.21. The SMILES string of the molecule is Nc1ccc(CCn2cncc2-c2cccc(Cl)c2)cc1. The maximum absolute atomic E-state index is 6.06. The maximum Gasteiger partial charge on any atom is 0.0951 e. The molecule has 0 fully saturated rings. The molecule has 3 nitrogen and oxygen atoms in total.